The minimum Gasteiger partial charge on any atom is -0.475 e. The molecule has 2 aromatic rings. The van der Waals surface area contributed by atoms with Crippen molar-refractivity contribution in [1.29, 1.82) is 0 Å². The summed E-state index contributed by atoms with van der Waals surface area (Å²) in [6.45, 7) is 7.55. The fraction of sp³-hybridized carbons (Fsp3) is 0.429. The Morgan fingerprint density at radius 3 is 2.62 bits per heavy atom. The van der Waals surface area contributed by atoms with Crippen molar-refractivity contribution in [1.82, 2.24) is 25.7 Å². The summed E-state index contributed by atoms with van der Waals surface area (Å²) in [6.07, 6.45) is 3.12. The number of ether oxygens (including phenoxy) is 1. The topological polar surface area (TPSA) is 92.8 Å². The molecular weight excluding hydrogens is 270 g/mol. The normalized spacial score (nSPS) is 11.5. The monoisotopic (exact) mass is 289 g/mol. The van der Waals surface area contributed by atoms with Crippen LogP contribution in [0.4, 0.5) is 0 Å². The zero-order valence-corrected chi connectivity index (χ0v) is 12.5. The maximum atomic E-state index is 12.2. The molecule has 112 valence electrons. The molecule has 2 N–H and O–H groups in total. The van der Waals surface area contributed by atoms with E-state index in [0.29, 0.717) is 17.1 Å². The third-order valence-electron chi connectivity index (χ3n) is 2.84. The summed E-state index contributed by atoms with van der Waals surface area (Å²) in [5.41, 5.74) is 0.489. The summed E-state index contributed by atoms with van der Waals surface area (Å²) < 4.78 is 5.44. The van der Waals surface area contributed by atoms with E-state index >= 15 is 0 Å². The Morgan fingerprint density at radius 2 is 2.10 bits per heavy atom. The SMILES string of the molecule is CC(C)Oc1ccc(C(=O)NC(C)(C)c2cn[nH]n2)cn1. The van der Waals surface area contributed by atoms with Crippen LogP contribution in [0.15, 0.2) is 24.5 Å². The Labute approximate surface area is 123 Å². The molecule has 0 saturated carbocycles. The first-order chi connectivity index (χ1) is 9.88. The number of rotatable bonds is 5. The van der Waals surface area contributed by atoms with Gasteiger partial charge in [-0.1, -0.05) is 0 Å². The van der Waals surface area contributed by atoms with Crippen LogP contribution in [0.1, 0.15) is 43.7 Å². The number of carbonyl (C=O) groups is 1. The number of aromatic amines is 1. The first-order valence-electron chi connectivity index (χ1n) is 6.70. The Morgan fingerprint density at radius 1 is 1.33 bits per heavy atom. The van der Waals surface area contributed by atoms with E-state index in [1.807, 2.05) is 27.7 Å². The van der Waals surface area contributed by atoms with Gasteiger partial charge in [0.05, 0.1) is 23.4 Å². The van der Waals surface area contributed by atoms with Gasteiger partial charge in [0.25, 0.3) is 5.91 Å². The van der Waals surface area contributed by atoms with E-state index in [9.17, 15) is 4.79 Å². The average Bonchev–Trinajstić information content (AvgIpc) is 2.93. The van der Waals surface area contributed by atoms with Crippen molar-refractivity contribution >= 4 is 5.91 Å². The molecule has 0 radical (unpaired) electrons. The molecule has 2 heterocycles. The highest BCUT2D eigenvalue weighted by Gasteiger charge is 2.26. The predicted molar refractivity (Wildman–Crippen MR) is 76.9 cm³/mol. The van der Waals surface area contributed by atoms with Crippen LogP contribution in [-0.4, -0.2) is 32.4 Å². The molecule has 0 aliphatic rings. The second-order valence-electron chi connectivity index (χ2n) is 5.49. The number of amides is 1. The second-order valence-corrected chi connectivity index (χ2v) is 5.49. The molecule has 0 aromatic carbocycles. The zero-order chi connectivity index (χ0) is 15.5. The first kappa shape index (κ1) is 15.0. The van der Waals surface area contributed by atoms with Crippen molar-refractivity contribution in [2.75, 3.05) is 0 Å². The van der Waals surface area contributed by atoms with E-state index in [-0.39, 0.29) is 12.0 Å². The number of nitrogens with zero attached hydrogens (tertiary/aromatic N) is 3. The van der Waals surface area contributed by atoms with Crippen molar-refractivity contribution in [3.05, 3.63) is 35.8 Å². The molecule has 0 unspecified atom stereocenters. The van der Waals surface area contributed by atoms with Crippen molar-refractivity contribution in [3.8, 4) is 5.88 Å². The zero-order valence-electron chi connectivity index (χ0n) is 12.5. The van der Waals surface area contributed by atoms with Crippen LogP contribution in [0.25, 0.3) is 0 Å². The number of carbonyl (C=O) groups excluding carboxylic acids is 1. The van der Waals surface area contributed by atoms with Crippen molar-refractivity contribution in [2.45, 2.75) is 39.3 Å². The Hall–Kier alpha value is -2.44. The number of hydrogen-bond donors (Lipinski definition) is 2. The first-order valence-corrected chi connectivity index (χ1v) is 6.70. The van der Waals surface area contributed by atoms with Crippen LogP contribution in [-0.2, 0) is 5.54 Å². The number of nitrogens with one attached hydrogen (secondary N) is 2. The van der Waals surface area contributed by atoms with Crippen LogP contribution >= 0.6 is 0 Å². The Kier molecular flexibility index (Phi) is 4.21. The van der Waals surface area contributed by atoms with Gasteiger partial charge < -0.3 is 10.1 Å². The molecule has 0 atom stereocenters. The number of aromatic nitrogens is 4. The van der Waals surface area contributed by atoms with Crippen molar-refractivity contribution < 1.29 is 9.53 Å². The lowest BCUT2D eigenvalue weighted by Crippen LogP contribution is -2.41. The molecule has 7 heteroatoms. The third kappa shape index (κ3) is 3.77. The summed E-state index contributed by atoms with van der Waals surface area (Å²) in [5, 5.41) is 13.2. The van der Waals surface area contributed by atoms with Gasteiger partial charge in [-0.15, -0.1) is 0 Å². The minimum atomic E-state index is -0.628. The van der Waals surface area contributed by atoms with Crippen LogP contribution in [0, 0.1) is 0 Å². The van der Waals surface area contributed by atoms with Gasteiger partial charge >= 0.3 is 0 Å². The summed E-state index contributed by atoms with van der Waals surface area (Å²) >= 11 is 0. The second kappa shape index (κ2) is 5.90. The van der Waals surface area contributed by atoms with Crippen LogP contribution in [0.2, 0.25) is 0 Å². The molecular formula is C14H19N5O2. The molecule has 2 aromatic heterocycles. The van der Waals surface area contributed by atoms with Crippen molar-refractivity contribution in [2.24, 2.45) is 0 Å². The Balaban J connectivity index is 2.06. The summed E-state index contributed by atoms with van der Waals surface area (Å²) in [6, 6.07) is 3.36. The average molecular weight is 289 g/mol. The van der Waals surface area contributed by atoms with E-state index in [1.54, 1.807) is 18.3 Å². The van der Waals surface area contributed by atoms with E-state index in [4.69, 9.17) is 4.74 Å². The van der Waals surface area contributed by atoms with E-state index < -0.39 is 5.54 Å². The molecule has 0 bridgehead atoms. The maximum absolute atomic E-state index is 12.2. The van der Waals surface area contributed by atoms with Gasteiger partial charge in [0, 0.05) is 12.3 Å². The quantitative estimate of drug-likeness (QED) is 0.873. The number of pyridine rings is 1. The van der Waals surface area contributed by atoms with Crippen LogP contribution in [0.3, 0.4) is 0 Å². The molecule has 21 heavy (non-hydrogen) atoms. The van der Waals surface area contributed by atoms with Gasteiger partial charge in [-0.2, -0.15) is 15.4 Å². The van der Waals surface area contributed by atoms with E-state index in [1.165, 1.54) is 6.20 Å². The minimum absolute atomic E-state index is 0.0447. The third-order valence-corrected chi connectivity index (χ3v) is 2.84. The Bertz CT molecular complexity index is 590. The van der Waals surface area contributed by atoms with Gasteiger partial charge in [-0.3, -0.25) is 4.79 Å². The fourth-order valence-electron chi connectivity index (χ4n) is 1.75. The van der Waals surface area contributed by atoms with Crippen LogP contribution < -0.4 is 10.1 Å². The van der Waals surface area contributed by atoms with Gasteiger partial charge in [-0.05, 0) is 33.8 Å². The molecule has 0 spiro atoms. The van der Waals surface area contributed by atoms with Gasteiger partial charge in [-0.25, -0.2) is 4.98 Å². The van der Waals surface area contributed by atoms with E-state index in [2.05, 4.69) is 25.7 Å². The highest BCUT2D eigenvalue weighted by molar-refractivity contribution is 5.94. The molecule has 0 saturated heterocycles. The van der Waals surface area contributed by atoms with Gasteiger partial charge in [0.1, 0.15) is 5.69 Å². The molecule has 2 rings (SSSR count). The molecule has 1 amide bonds. The van der Waals surface area contributed by atoms with Crippen molar-refractivity contribution in [3.63, 3.8) is 0 Å². The molecule has 0 fully saturated rings. The lowest BCUT2D eigenvalue weighted by Gasteiger charge is -2.23. The predicted octanol–water partition coefficient (Wildman–Crippen LogP) is 1.65. The molecule has 7 nitrogen and oxygen atoms in total. The molecule has 0 aliphatic carbocycles. The van der Waals surface area contributed by atoms with E-state index in [0.717, 1.165) is 0 Å². The highest BCUT2D eigenvalue weighted by atomic mass is 16.5. The highest BCUT2D eigenvalue weighted by Crippen LogP contribution is 2.17. The smallest absolute Gasteiger partial charge is 0.253 e. The van der Waals surface area contributed by atoms with Gasteiger partial charge in [0.15, 0.2) is 0 Å². The maximum Gasteiger partial charge on any atom is 0.253 e. The lowest BCUT2D eigenvalue weighted by atomic mass is 10.0. The van der Waals surface area contributed by atoms with Gasteiger partial charge in [0.2, 0.25) is 5.88 Å². The lowest BCUT2D eigenvalue weighted by molar-refractivity contribution is 0.0910. The van der Waals surface area contributed by atoms with Crippen LogP contribution in [0.5, 0.6) is 5.88 Å². The number of hydrogen-bond acceptors (Lipinski definition) is 5. The molecule has 0 aliphatic heterocycles. The standard InChI is InChI=1S/C14H19N5O2/c1-9(2)21-12-6-5-10(7-15-12)13(20)17-14(3,4)11-8-16-19-18-11/h5-9H,1-4H3,(H,17,20)(H,16,18,19). The fourth-order valence-corrected chi connectivity index (χ4v) is 1.75. The summed E-state index contributed by atoms with van der Waals surface area (Å²) in [7, 11) is 0. The summed E-state index contributed by atoms with van der Waals surface area (Å²) in [4.78, 5) is 16.4. The summed E-state index contributed by atoms with van der Waals surface area (Å²) in [5.74, 6) is 0.268. The number of H-pyrrole nitrogens is 1. The largest absolute Gasteiger partial charge is 0.475 e.